The SMILES string of the molecule is CC(OCCOc1ccc(C2CCCCC2)cc1)OC1CCCC(C(C)P)C1.CCC. The summed E-state index contributed by atoms with van der Waals surface area (Å²) in [5, 5.41) is 0. The minimum atomic E-state index is -0.166. The quantitative estimate of drug-likeness (QED) is 0.219. The first-order chi connectivity index (χ1) is 15.0. The standard InChI is InChI=1S/C24H39O3P.C3H8/c1-18(28)22-9-6-10-24(17-22)27-19(2)25-15-16-26-23-13-11-21(12-14-23)20-7-4-3-5-8-20;1-3-2/h11-14,18-20,22,24H,3-10,15-17,28H2,1-2H3;3H2,1-2H3. The highest BCUT2D eigenvalue weighted by molar-refractivity contribution is 7.17. The molecule has 0 aliphatic heterocycles. The monoisotopic (exact) mass is 450 g/mol. The highest BCUT2D eigenvalue weighted by atomic mass is 31.0. The van der Waals surface area contributed by atoms with Gasteiger partial charge in [-0.25, -0.2) is 0 Å². The summed E-state index contributed by atoms with van der Waals surface area (Å²) in [6.07, 6.45) is 13.1. The molecular weight excluding hydrogens is 403 g/mol. The highest BCUT2D eigenvalue weighted by Crippen LogP contribution is 2.33. The molecule has 31 heavy (non-hydrogen) atoms. The minimum Gasteiger partial charge on any atom is -0.491 e. The van der Waals surface area contributed by atoms with Crippen molar-refractivity contribution in [2.75, 3.05) is 13.2 Å². The lowest BCUT2D eigenvalue weighted by molar-refractivity contribution is -0.172. The molecule has 5 unspecified atom stereocenters. The summed E-state index contributed by atoms with van der Waals surface area (Å²) < 4.78 is 17.8. The second-order valence-corrected chi connectivity index (χ2v) is 10.5. The predicted octanol–water partition coefficient (Wildman–Crippen LogP) is 7.73. The largest absolute Gasteiger partial charge is 0.491 e. The van der Waals surface area contributed by atoms with Crippen LogP contribution in [0.1, 0.15) is 103 Å². The van der Waals surface area contributed by atoms with Gasteiger partial charge in [-0.15, -0.1) is 9.24 Å². The van der Waals surface area contributed by atoms with E-state index >= 15 is 0 Å². The van der Waals surface area contributed by atoms with Gasteiger partial charge in [-0.2, -0.15) is 0 Å². The number of ether oxygens (including phenoxy) is 3. The van der Waals surface area contributed by atoms with Crippen molar-refractivity contribution >= 4 is 9.24 Å². The lowest BCUT2D eigenvalue weighted by Gasteiger charge is -2.32. The van der Waals surface area contributed by atoms with Crippen LogP contribution in [0.5, 0.6) is 5.75 Å². The van der Waals surface area contributed by atoms with Gasteiger partial charge < -0.3 is 14.2 Å². The fourth-order valence-corrected chi connectivity index (χ4v) is 5.09. The lowest BCUT2D eigenvalue weighted by atomic mass is 9.84. The van der Waals surface area contributed by atoms with E-state index in [0.717, 1.165) is 30.4 Å². The van der Waals surface area contributed by atoms with Crippen molar-refractivity contribution < 1.29 is 14.2 Å². The van der Waals surface area contributed by atoms with Gasteiger partial charge in [-0.3, -0.25) is 0 Å². The first-order valence-electron chi connectivity index (χ1n) is 12.8. The van der Waals surface area contributed by atoms with Gasteiger partial charge in [0, 0.05) is 0 Å². The van der Waals surface area contributed by atoms with E-state index in [1.54, 1.807) is 0 Å². The van der Waals surface area contributed by atoms with Crippen LogP contribution in [0.15, 0.2) is 24.3 Å². The van der Waals surface area contributed by atoms with E-state index in [1.807, 2.05) is 6.92 Å². The average Bonchev–Trinajstić information content (AvgIpc) is 2.78. The Labute approximate surface area is 194 Å². The van der Waals surface area contributed by atoms with Gasteiger partial charge >= 0.3 is 0 Å². The van der Waals surface area contributed by atoms with E-state index in [2.05, 4.69) is 54.3 Å². The van der Waals surface area contributed by atoms with E-state index < -0.39 is 0 Å². The zero-order valence-electron chi connectivity index (χ0n) is 20.5. The molecule has 5 atom stereocenters. The van der Waals surface area contributed by atoms with Crippen LogP contribution in [0, 0.1) is 5.92 Å². The summed E-state index contributed by atoms with van der Waals surface area (Å²) in [5.74, 6) is 2.44. The van der Waals surface area contributed by atoms with Crippen LogP contribution in [0.3, 0.4) is 0 Å². The smallest absolute Gasteiger partial charge is 0.155 e. The van der Waals surface area contributed by atoms with E-state index in [-0.39, 0.29) is 6.29 Å². The van der Waals surface area contributed by atoms with Crippen LogP contribution >= 0.6 is 9.24 Å². The molecule has 3 nitrogen and oxygen atoms in total. The fraction of sp³-hybridized carbons (Fsp3) is 0.778. The molecule has 1 aromatic rings. The number of benzene rings is 1. The lowest BCUT2D eigenvalue weighted by Crippen LogP contribution is -2.30. The van der Waals surface area contributed by atoms with E-state index in [0.29, 0.717) is 25.0 Å². The third-order valence-electron chi connectivity index (χ3n) is 6.46. The van der Waals surface area contributed by atoms with Gasteiger partial charge in [0.05, 0.1) is 12.7 Å². The van der Waals surface area contributed by atoms with Crippen LogP contribution in [-0.4, -0.2) is 31.3 Å². The third kappa shape index (κ3) is 10.2. The van der Waals surface area contributed by atoms with Gasteiger partial charge in [-0.1, -0.05) is 65.0 Å². The summed E-state index contributed by atoms with van der Waals surface area (Å²) in [6, 6.07) is 8.70. The van der Waals surface area contributed by atoms with Crippen molar-refractivity contribution in [3.63, 3.8) is 0 Å². The van der Waals surface area contributed by atoms with Crippen LogP contribution < -0.4 is 4.74 Å². The topological polar surface area (TPSA) is 27.7 Å². The maximum atomic E-state index is 6.12. The number of hydrogen-bond acceptors (Lipinski definition) is 3. The third-order valence-corrected chi connectivity index (χ3v) is 7.00. The van der Waals surface area contributed by atoms with E-state index in [4.69, 9.17) is 14.2 Å². The molecule has 0 amide bonds. The van der Waals surface area contributed by atoms with E-state index in [1.165, 1.54) is 56.9 Å². The molecule has 2 aliphatic rings. The van der Waals surface area contributed by atoms with Crippen LogP contribution in [0.25, 0.3) is 0 Å². The Bertz CT molecular complexity index is 568. The Morgan fingerprint density at radius 1 is 0.903 bits per heavy atom. The highest BCUT2D eigenvalue weighted by Gasteiger charge is 2.26. The van der Waals surface area contributed by atoms with Gasteiger partial charge in [0.25, 0.3) is 0 Å². The Morgan fingerprint density at radius 3 is 2.23 bits per heavy atom. The van der Waals surface area contributed by atoms with Crippen molar-refractivity contribution in [1.29, 1.82) is 0 Å². The Balaban J connectivity index is 0.00000107. The molecule has 0 heterocycles. The van der Waals surface area contributed by atoms with Crippen LogP contribution in [-0.2, 0) is 9.47 Å². The summed E-state index contributed by atoms with van der Waals surface area (Å²) in [5.41, 5.74) is 2.14. The molecule has 4 heteroatoms. The summed E-state index contributed by atoms with van der Waals surface area (Å²) >= 11 is 0. The maximum Gasteiger partial charge on any atom is 0.155 e. The van der Waals surface area contributed by atoms with Crippen LogP contribution in [0.2, 0.25) is 0 Å². The Hall–Kier alpha value is -0.630. The van der Waals surface area contributed by atoms with Crippen molar-refractivity contribution in [2.24, 2.45) is 5.92 Å². The molecule has 0 aromatic heterocycles. The summed E-state index contributed by atoms with van der Waals surface area (Å²) in [4.78, 5) is 0. The summed E-state index contributed by atoms with van der Waals surface area (Å²) in [6.45, 7) is 9.66. The molecule has 2 fully saturated rings. The Kier molecular flexibility index (Phi) is 13.1. The molecule has 3 rings (SSSR count). The molecule has 0 saturated heterocycles. The summed E-state index contributed by atoms with van der Waals surface area (Å²) in [7, 11) is 2.95. The second kappa shape index (κ2) is 15.3. The molecule has 178 valence electrons. The molecule has 2 saturated carbocycles. The Morgan fingerprint density at radius 2 is 1.58 bits per heavy atom. The zero-order chi connectivity index (χ0) is 22.5. The zero-order valence-corrected chi connectivity index (χ0v) is 21.6. The van der Waals surface area contributed by atoms with Crippen molar-refractivity contribution in [2.45, 2.75) is 116 Å². The normalized spacial score (nSPS) is 24.0. The molecule has 0 radical (unpaired) electrons. The maximum absolute atomic E-state index is 6.12. The van der Waals surface area contributed by atoms with Gasteiger partial charge in [0.15, 0.2) is 6.29 Å². The van der Waals surface area contributed by atoms with E-state index in [9.17, 15) is 0 Å². The molecule has 0 spiro atoms. The number of rotatable bonds is 9. The first-order valence-corrected chi connectivity index (χ1v) is 13.5. The average molecular weight is 451 g/mol. The van der Waals surface area contributed by atoms with Crippen molar-refractivity contribution in [3.8, 4) is 5.75 Å². The minimum absolute atomic E-state index is 0.166. The molecular formula is C27H47O3P. The van der Waals surface area contributed by atoms with Gasteiger partial charge in [0.2, 0.25) is 0 Å². The van der Waals surface area contributed by atoms with Gasteiger partial charge in [0.1, 0.15) is 12.4 Å². The van der Waals surface area contributed by atoms with Crippen molar-refractivity contribution in [3.05, 3.63) is 29.8 Å². The van der Waals surface area contributed by atoms with Crippen LogP contribution in [0.4, 0.5) is 0 Å². The second-order valence-electron chi connectivity index (χ2n) is 9.44. The molecule has 1 aromatic carbocycles. The fourth-order valence-electron chi connectivity index (χ4n) is 4.74. The molecule has 0 bridgehead atoms. The molecule has 2 aliphatic carbocycles. The van der Waals surface area contributed by atoms with Crippen molar-refractivity contribution in [1.82, 2.24) is 0 Å². The van der Waals surface area contributed by atoms with Gasteiger partial charge in [-0.05, 0) is 74.2 Å². The first kappa shape index (κ1) is 26.6. The number of hydrogen-bond donors (Lipinski definition) is 0. The molecule has 0 N–H and O–H groups in total. The predicted molar refractivity (Wildman–Crippen MR) is 135 cm³/mol.